The largest absolute Gasteiger partial charge is 0.492 e. The normalized spacial score (nSPS) is 12.7. The molecule has 1 atom stereocenters. The Morgan fingerprint density at radius 2 is 1.91 bits per heavy atom. The Morgan fingerprint density at radius 3 is 2.50 bits per heavy atom. The van der Waals surface area contributed by atoms with Gasteiger partial charge in [-0.15, -0.1) is 10.2 Å². The van der Waals surface area contributed by atoms with Gasteiger partial charge >= 0.3 is 5.97 Å². The van der Waals surface area contributed by atoms with Crippen LogP contribution in [0.4, 0.5) is 0 Å². The first-order valence-corrected chi connectivity index (χ1v) is 10.8. The summed E-state index contributed by atoms with van der Waals surface area (Å²) in [4.78, 5) is 16.0. The molecule has 170 valence electrons. The Balaban J connectivity index is 2.06. The van der Waals surface area contributed by atoms with Gasteiger partial charge in [0.25, 0.3) is 0 Å². The van der Waals surface area contributed by atoms with E-state index in [4.69, 9.17) is 9.15 Å². The molecule has 3 rings (SSSR count). The van der Waals surface area contributed by atoms with Gasteiger partial charge in [-0.1, -0.05) is 40.7 Å². The van der Waals surface area contributed by atoms with Crippen LogP contribution in [-0.2, 0) is 4.79 Å². The monoisotopic (exact) mass is 437 g/mol. The van der Waals surface area contributed by atoms with E-state index in [0.29, 0.717) is 24.1 Å². The van der Waals surface area contributed by atoms with Crippen LogP contribution in [0, 0.1) is 12.3 Å². The van der Waals surface area contributed by atoms with E-state index >= 15 is 0 Å². The van der Waals surface area contributed by atoms with Crippen molar-refractivity contribution in [2.45, 2.75) is 59.8 Å². The van der Waals surface area contributed by atoms with Crippen LogP contribution in [0.3, 0.4) is 0 Å². The highest BCUT2D eigenvalue weighted by Gasteiger charge is 2.25. The first kappa shape index (κ1) is 23.4. The van der Waals surface area contributed by atoms with Crippen molar-refractivity contribution >= 4 is 5.97 Å². The zero-order valence-electron chi connectivity index (χ0n) is 19.5. The highest BCUT2D eigenvalue weighted by Crippen LogP contribution is 2.36. The van der Waals surface area contributed by atoms with E-state index in [2.05, 4.69) is 61.9 Å². The van der Waals surface area contributed by atoms with E-state index in [-0.39, 0.29) is 17.7 Å². The molecule has 0 saturated heterocycles. The van der Waals surface area contributed by atoms with Crippen molar-refractivity contribution in [3.05, 3.63) is 59.6 Å². The summed E-state index contributed by atoms with van der Waals surface area (Å²) < 4.78 is 11.7. The van der Waals surface area contributed by atoms with Gasteiger partial charge in [-0.3, -0.25) is 9.78 Å². The molecule has 0 amide bonds. The Morgan fingerprint density at radius 1 is 1.16 bits per heavy atom. The van der Waals surface area contributed by atoms with Crippen molar-refractivity contribution in [3.8, 4) is 16.9 Å². The minimum absolute atomic E-state index is 0.0137. The number of pyridine rings is 1. The van der Waals surface area contributed by atoms with Crippen molar-refractivity contribution in [3.63, 3.8) is 0 Å². The summed E-state index contributed by atoms with van der Waals surface area (Å²) in [7, 11) is 0. The summed E-state index contributed by atoms with van der Waals surface area (Å²) >= 11 is 0. The molecule has 1 unspecified atom stereocenters. The SMILES string of the molecule is Cc1nnc(C(CC(=O)O)c2cc(-c3cc(C(C)C)ccc3OCC(C)(C)C)ccn2)o1. The van der Waals surface area contributed by atoms with Gasteiger partial charge < -0.3 is 14.3 Å². The maximum atomic E-state index is 11.5. The highest BCUT2D eigenvalue weighted by molar-refractivity contribution is 5.72. The van der Waals surface area contributed by atoms with Crippen LogP contribution in [0.15, 0.2) is 40.9 Å². The molecule has 32 heavy (non-hydrogen) atoms. The molecule has 7 heteroatoms. The van der Waals surface area contributed by atoms with E-state index in [1.54, 1.807) is 13.1 Å². The van der Waals surface area contributed by atoms with Crippen LogP contribution >= 0.6 is 0 Å². The minimum Gasteiger partial charge on any atom is -0.492 e. The second-order valence-electron chi connectivity index (χ2n) is 9.54. The second-order valence-corrected chi connectivity index (χ2v) is 9.54. The van der Waals surface area contributed by atoms with Crippen LogP contribution in [0.25, 0.3) is 11.1 Å². The van der Waals surface area contributed by atoms with Crippen LogP contribution < -0.4 is 4.74 Å². The zero-order chi connectivity index (χ0) is 23.5. The third kappa shape index (κ3) is 5.93. The number of benzene rings is 1. The molecule has 0 bridgehead atoms. The number of ether oxygens (including phenoxy) is 1. The molecule has 0 aliphatic carbocycles. The Labute approximate surface area is 188 Å². The molecule has 7 nitrogen and oxygen atoms in total. The number of carbonyl (C=O) groups is 1. The van der Waals surface area contributed by atoms with E-state index in [1.165, 1.54) is 5.56 Å². The van der Waals surface area contributed by atoms with E-state index < -0.39 is 11.9 Å². The van der Waals surface area contributed by atoms with Gasteiger partial charge in [-0.05, 0) is 46.7 Å². The van der Waals surface area contributed by atoms with Crippen molar-refractivity contribution in [2.75, 3.05) is 6.61 Å². The van der Waals surface area contributed by atoms with Crippen LogP contribution in [0.5, 0.6) is 5.75 Å². The summed E-state index contributed by atoms with van der Waals surface area (Å²) in [5.74, 6) is 0.163. The molecule has 0 saturated carbocycles. The number of carboxylic acid groups (broad SMARTS) is 1. The molecule has 1 N–H and O–H groups in total. The molecule has 2 aromatic heterocycles. The lowest BCUT2D eigenvalue weighted by molar-refractivity contribution is -0.137. The third-order valence-corrected chi connectivity index (χ3v) is 5.00. The summed E-state index contributed by atoms with van der Waals surface area (Å²) in [6, 6.07) is 10.0. The van der Waals surface area contributed by atoms with Gasteiger partial charge in [0.1, 0.15) is 5.75 Å². The number of rotatable bonds is 8. The average molecular weight is 438 g/mol. The number of aromatic nitrogens is 3. The number of aryl methyl sites for hydroxylation is 1. The maximum absolute atomic E-state index is 11.5. The minimum atomic E-state index is -0.964. The Kier molecular flexibility index (Phi) is 6.96. The quantitative estimate of drug-likeness (QED) is 0.490. The van der Waals surface area contributed by atoms with Crippen LogP contribution in [-0.4, -0.2) is 32.9 Å². The Bertz CT molecular complexity index is 1080. The topological polar surface area (TPSA) is 98.3 Å². The lowest BCUT2D eigenvalue weighted by Gasteiger charge is -2.21. The molecule has 0 radical (unpaired) electrons. The average Bonchev–Trinajstić information content (AvgIpc) is 3.15. The van der Waals surface area contributed by atoms with Gasteiger partial charge in [0.05, 0.1) is 24.6 Å². The molecular weight excluding hydrogens is 406 g/mol. The molecule has 2 heterocycles. The van der Waals surface area contributed by atoms with Crippen molar-refractivity contribution in [1.29, 1.82) is 0 Å². The molecule has 0 aliphatic heterocycles. The van der Waals surface area contributed by atoms with Gasteiger partial charge in [-0.25, -0.2) is 0 Å². The van der Waals surface area contributed by atoms with Gasteiger partial charge in [0, 0.05) is 18.7 Å². The lowest BCUT2D eigenvalue weighted by atomic mass is 9.94. The smallest absolute Gasteiger partial charge is 0.304 e. The summed E-state index contributed by atoms with van der Waals surface area (Å²) in [5.41, 5.74) is 3.61. The fourth-order valence-electron chi connectivity index (χ4n) is 3.30. The van der Waals surface area contributed by atoms with Crippen molar-refractivity contribution in [1.82, 2.24) is 15.2 Å². The molecule has 0 spiro atoms. The molecular formula is C25H31N3O4. The van der Waals surface area contributed by atoms with E-state index in [1.807, 2.05) is 18.2 Å². The number of hydrogen-bond acceptors (Lipinski definition) is 6. The van der Waals surface area contributed by atoms with Crippen molar-refractivity contribution < 1.29 is 19.1 Å². The molecule has 3 aromatic rings. The van der Waals surface area contributed by atoms with Gasteiger partial charge in [0.15, 0.2) is 0 Å². The number of aliphatic carboxylic acids is 1. The lowest BCUT2D eigenvalue weighted by Crippen LogP contribution is -2.17. The van der Waals surface area contributed by atoms with Crippen LogP contribution in [0.1, 0.15) is 75.9 Å². The predicted octanol–water partition coefficient (Wildman–Crippen LogP) is 5.59. The predicted molar refractivity (Wildman–Crippen MR) is 122 cm³/mol. The fourth-order valence-corrected chi connectivity index (χ4v) is 3.30. The maximum Gasteiger partial charge on any atom is 0.304 e. The zero-order valence-corrected chi connectivity index (χ0v) is 19.5. The fraction of sp³-hybridized carbons (Fsp3) is 0.440. The van der Waals surface area contributed by atoms with Crippen molar-refractivity contribution in [2.24, 2.45) is 5.41 Å². The summed E-state index contributed by atoms with van der Waals surface area (Å²) in [6.45, 7) is 12.9. The highest BCUT2D eigenvalue weighted by atomic mass is 16.5. The number of nitrogens with zero attached hydrogens (tertiary/aromatic N) is 3. The van der Waals surface area contributed by atoms with E-state index in [0.717, 1.165) is 16.9 Å². The second kappa shape index (κ2) is 9.51. The summed E-state index contributed by atoms with van der Waals surface area (Å²) in [6.07, 6.45) is 1.48. The number of hydrogen-bond donors (Lipinski definition) is 1. The Hall–Kier alpha value is -3.22. The molecule has 0 fully saturated rings. The third-order valence-electron chi connectivity index (χ3n) is 5.00. The molecule has 1 aromatic carbocycles. The first-order valence-electron chi connectivity index (χ1n) is 10.8. The summed E-state index contributed by atoms with van der Waals surface area (Å²) in [5, 5.41) is 17.4. The number of carboxylic acids is 1. The molecule has 0 aliphatic rings. The van der Waals surface area contributed by atoms with Gasteiger partial charge in [-0.2, -0.15) is 0 Å². The standard InChI is InChI=1S/C25H31N3O4/c1-15(2)17-7-8-22(31-14-25(4,5)6)19(11-17)18-9-10-26-21(12-18)20(13-23(29)30)24-28-27-16(3)32-24/h7-12,15,20H,13-14H2,1-6H3,(H,29,30). The van der Waals surface area contributed by atoms with Gasteiger partial charge in [0.2, 0.25) is 11.8 Å². The van der Waals surface area contributed by atoms with Crippen LogP contribution in [0.2, 0.25) is 0 Å². The first-order chi connectivity index (χ1) is 15.0. The van der Waals surface area contributed by atoms with E-state index in [9.17, 15) is 9.90 Å².